The van der Waals surface area contributed by atoms with E-state index in [2.05, 4.69) is 21.8 Å². The van der Waals surface area contributed by atoms with Crippen molar-refractivity contribution in [3.8, 4) is 0 Å². The summed E-state index contributed by atoms with van der Waals surface area (Å²) in [6, 6.07) is 0.794. The van der Waals surface area contributed by atoms with Crippen molar-refractivity contribution < 1.29 is 9.13 Å². The number of thiazole rings is 1. The van der Waals surface area contributed by atoms with Gasteiger partial charge < -0.3 is 4.74 Å². The summed E-state index contributed by atoms with van der Waals surface area (Å²) in [5.74, 6) is 0. The third-order valence-corrected chi connectivity index (χ3v) is 5.62. The van der Waals surface area contributed by atoms with E-state index in [-0.39, 0.29) is 0 Å². The zero-order valence-electron chi connectivity index (χ0n) is 12.8. The lowest BCUT2D eigenvalue weighted by atomic mass is 10.1. The molecule has 0 bridgehead atoms. The Morgan fingerprint density at radius 2 is 2.43 bits per heavy atom. The molecule has 3 atom stereocenters. The number of ether oxygens (including phenoxy) is 1. The van der Waals surface area contributed by atoms with Crippen LogP contribution in [0.15, 0.2) is 5.51 Å². The maximum Gasteiger partial charge on any atom is 0.114 e. The van der Waals surface area contributed by atoms with Crippen LogP contribution in [0.3, 0.4) is 0 Å². The fraction of sp³-hybridized carbons (Fsp3) is 0.800. The molecule has 1 aromatic heterocycles. The summed E-state index contributed by atoms with van der Waals surface area (Å²) in [6.45, 7) is 6.01. The average molecular weight is 313 g/mol. The maximum absolute atomic E-state index is 13.9. The van der Waals surface area contributed by atoms with E-state index in [1.165, 1.54) is 4.88 Å². The lowest BCUT2D eigenvalue weighted by Gasteiger charge is -2.30. The van der Waals surface area contributed by atoms with Crippen LogP contribution >= 0.6 is 11.3 Å². The molecule has 0 N–H and O–H groups in total. The van der Waals surface area contributed by atoms with Crippen molar-refractivity contribution in [2.75, 3.05) is 33.4 Å². The van der Waals surface area contributed by atoms with Crippen LogP contribution in [0.4, 0.5) is 4.39 Å². The molecule has 2 saturated heterocycles. The quantitative estimate of drug-likeness (QED) is 0.832. The predicted octanol–water partition coefficient (Wildman–Crippen LogP) is 2.08. The molecule has 2 aliphatic rings. The zero-order valence-corrected chi connectivity index (χ0v) is 13.6. The second kappa shape index (κ2) is 6.69. The molecule has 2 fully saturated rings. The van der Waals surface area contributed by atoms with E-state index in [0.29, 0.717) is 25.0 Å². The number of likely N-dealkylation sites (tertiary alicyclic amines) is 1. The van der Waals surface area contributed by atoms with Crippen molar-refractivity contribution >= 4 is 11.3 Å². The second-order valence-electron chi connectivity index (χ2n) is 6.23. The van der Waals surface area contributed by atoms with Crippen LogP contribution in [0.2, 0.25) is 0 Å². The van der Waals surface area contributed by atoms with Crippen molar-refractivity contribution in [2.45, 2.75) is 44.6 Å². The molecule has 6 heteroatoms. The minimum Gasteiger partial charge on any atom is -0.380 e. The Bertz CT molecular complexity index is 464. The second-order valence-corrected chi connectivity index (χ2v) is 7.17. The number of aryl methyl sites for hydroxylation is 1. The van der Waals surface area contributed by atoms with E-state index in [9.17, 15) is 4.39 Å². The first-order valence-electron chi connectivity index (χ1n) is 7.68. The maximum atomic E-state index is 13.9. The normalized spacial score (nSPS) is 30.6. The van der Waals surface area contributed by atoms with E-state index in [0.717, 1.165) is 38.4 Å². The summed E-state index contributed by atoms with van der Waals surface area (Å²) in [5.41, 5.74) is 2.96. The minimum atomic E-state index is -0.698. The van der Waals surface area contributed by atoms with Crippen LogP contribution in [0.25, 0.3) is 0 Å². The highest BCUT2D eigenvalue weighted by Gasteiger charge is 2.34. The standard InChI is InChI=1S/C15H24FN3OS/c1-11-15(21-10-17-11)8-19-6-12(16)5-14(19)7-18(2)13-3-4-20-9-13/h10,12-14H,3-9H2,1-2H3/t12-,13+,14-/m0/s1. The van der Waals surface area contributed by atoms with Gasteiger partial charge in [-0.05, 0) is 26.8 Å². The van der Waals surface area contributed by atoms with Crippen molar-refractivity contribution in [1.29, 1.82) is 0 Å². The van der Waals surface area contributed by atoms with Crippen LogP contribution in [0.1, 0.15) is 23.4 Å². The average Bonchev–Trinajstić information content (AvgIpc) is 3.14. The van der Waals surface area contributed by atoms with Gasteiger partial charge in [-0.15, -0.1) is 11.3 Å². The van der Waals surface area contributed by atoms with Crippen molar-refractivity contribution in [1.82, 2.24) is 14.8 Å². The first-order chi connectivity index (χ1) is 10.1. The molecule has 1 aromatic rings. The minimum absolute atomic E-state index is 0.298. The summed E-state index contributed by atoms with van der Waals surface area (Å²) in [7, 11) is 2.14. The molecular formula is C15H24FN3OS. The predicted molar refractivity (Wildman–Crippen MR) is 82.4 cm³/mol. The molecule has 118 valence electrons. The number of hydrogen-bond donors (Lipinski definition) is 0. The Labute approximate surface area is 129 Å². The summed E-state index contributed by atoms with van der Waals surface area (Å²) in [4.78, 5) is 10.2. The smallest absolute Gasteiger partial charge is 0.114 e. The number of nitrogens with zero attached hydrogens (tertiary/aromatic N) is 3. The molecular weight excluding hydrogens is 289 g/mol. The Morgan fingerprint density at radius 3 is 3.10 bits per heavy atom. The number of hydrogen-bond acceptors (Lipinski definition) is 5. The SMILES string of the molecule is Cc1ncsc1CN1C[C@@H](F)C[C@H]1CN(C)[C@@H]1CCOC1. The number of likely N-dealkylation sites (N-methyl/N-ethyl adjacent to an activating group) is 1. The molecule has 3 rings (SSSR count). The summed E-state index contributed by atoms with van der Waals surface area (Å²) in [5, 5.41) is 0. The van der Waals surface area contributed by atoms with Gasteiger partial charge in [-0.2, -0.15) is 0 Å². The highest BCUT2D eigenvalue weighted by molar-refractivity contribution is 7.09. The third-order valence-electron chi connectivity index (χ3n) is 4.70. The van der Waals surface area contributed by atoms with Crippen LogP contribution in [-0.4, -0.2) is 66.4 Å². The molecule has 3 heterocycles. The Balaban J connectivity index is 1.60. The molecule has 0 saturated carbocycles. The Morgan fingerprint density at radius 1 is 1.57 bits per heavy atom. The van der Waals surface area contributed by atoms with Gasteiger partial charge in [0.1, 0.15) is 6.17 Å². The topological polar surface area (TPSA) is 28.6 Å². The summed E-state index contributed by atoms with van der Waals surface area (Å²) >= 11 is 1.68. The summed E-state index contributed by atoms with van der Waals surface area (Å²) < 4.78 is 19.3. The first-order valence-corrected chi connectivity index (χ1v) is 8.56. The Kier molecular flexibility index (Phi) is 4.88. The van der Waals surface area contributed by atoms with Crippen LogP contribution in [0.5, 0.6) is 0 Å². The fourth-order valence-corrected chi connectivity index (χ4v) is 4.12. The lowest BCUT2D eigenvalue weighted by Crippen LogP contribution is -2.42. The van der Waals surface area contributed by atoms with Gasteiger partial charge in [0, 0.05) is 43.2 Å². The van der Waals surface area contributed by atoms with Gasteiger partial charge in [0.15, 0.2) is 0 Å². The first kappa shape index (κ1) is 15.3. The third kappa shape index (κ3) is 3.62. The number of alkyl halides is 1. The van der Waals surface area contributed by atoms with Gasteiger partial charge in [-0.1, -0.05) is 0 Å². The van der Waals surface area contributed by atoms with Crippen molar-refractivity contribution in [3.05, 3.63) is 16.1 Å². The number of rotatable bonds is 5. The van der Waals surface area contributed by atoms with Crippen LogP contribution < -0.4 is 0 Å². The largest absolute Gasteiger partial charge is 0.380 e. The van der Waals surface area contributed by atoms with Gasteiger partial charge in [0.25, 0.3) is 0 Å². The van der Waals surface area contributed by atoms with Gasteiger partial charge in [-0.3, -0.25) is 9.80 Å². The van der Waals surface area contributed by atoms with E-state index < -0.39 is 6.17 Å². The van der Waals surface area contributed by atoms with Gasteiger partial charge in [-0.25, -0.2) is 9.37 Å². The van der Waals surface area contributed by atoms with Crippen LogP contribution in [-0.2, 0) is 11.3 Å². The number of aromatic nitrogens is 1. The molecule has 4 nitrogen and oxygen atoms in total. The monoisotopic (exact) mass is 313 g/mol. The zero-order chi connectivity index (χ0) is 14.8. The molecule has 0 amide bonds. The molecule has 0 aliphatic carbocycles. The molecule has 0 radical (unpaired) electrons. The lowest BCUT2D eigenvalue weighted by molar-refractivity contribution is 0.130. The molecule has 0 unspecified atom stereocenters. The Hall–Kier alpha value is -0.560. The van der Waals surface area contributed by atoms with Crippen molar-refractivity contribution in [2.24, 2.45) is 0 Å². The van der Waals surface area contributed by atoms with Crippen LogP contribution in [0, 0.1) is 6.92 Å². The molecule has 2 aliphatic heterocycles. The molecule has 0 spiro atoms. The van der Waals surface area contributed by atoms with E-state index >= 15 is 0 Å². The molecule has 0 aromatic carbocycles. The van der Waals surface area contributed by atoms with Crippen molar-refractivity contribution in [3.63, 3.8) is 0 Å². The highest BCUT2D eigenvalue weighted by atomic mass is 32.1. The fourth-order valence-electron chi connectivity index (χ4n) is 3.32. The number of halogens is 1. The molecule has 21 heavy (non-hydrogen) atoms. The van der Waals surface area contributed by atoms with Gasteiger partial charge in [0.2, 0.25) is 0 Å². The summed E-state index contributed by atoms with van der Waals surface area (Å²) in [6.07, 6.45) is 1.04. The highest BCUT2D eigenvalue weighted by Crippen LogP contribution is 2.26. The van der Waals surface area contributed by atoms with E-state index in [4.69, 9.17) is 4.74 Å². The van der Waals surface area contributed by atoms with E-state index in [1.54, 1.807) is 11.3 Å². The van der Waals surface area contributed by atoms with E-state index in [1.807, 2.05) is 12.4 Å². The van der Waals surface area contributed by atoms with Gasteiger partial charge in [0.05, 0.1) is 17.8 Å². The van der Waals surface area contributed by atoms with Gasteiger partial charge >= 0.3 is 0 Å².